The minimum Gasteiger partial charge on any atom is -0.399 e. The molecule has 1 aliphatic heterocycles. The van der Waals surface area contributed by atoms with Gasteiger partial charge in [0.15, 0.2) is 0 Å². The van der Waals surface area contributed by atoms with Crippen LogP contribution in [0.1, 0.15) is 19.4 Å². The Balaban J connectivity index is 0.00000200. The maximum atomic E-state index is 12.3. The van der Waals surface area contributed by atoms with E-state index >= 15 is 0 Å². The lowest BCUT2D eigenvalue weighted by atomic mass is 10.1. The summed E-state index contributed by atoms with van der Waals surface area (Å²) < 4.78 is 0. The van der Waals surface area contributed by atoms with Gasteiger partial charge in [-0.05, 0) is 23.6 Å². The summed E-state index contributed by atoms with van der Waals surface area (Å²) in [6.07, 6.45) is 0.482. The largest absolute Gasteiger partial charge is 0.399 e. The molecule has 0 spiro atoms. The van der Waals surface area contributed by atoms with Crippen LogP contribution in [0.2, 0.25) is 0 Å². The van der Waals surface area contributed by atoms with E-state index in [0.29, 0.717) is 17.6 Å². The Labute approximate surface area is 131 Å². The Kier molecular flexibility index (Phi) is 6.69. The van der Waals surface area contributed by atoms with Crippen molar-refractivity contribution in [3.63, 3.8) is 0 Å². The van der Waals surface area contributed by atoms with Crippen molar-refractivity contribution in [2.75, 3.05) is 24.6 Å². The van der Waals surface area contributed by atoms with E-state index in [1.54, 1.807) is 0 Å². The van der Waals surface area contributed by atoms with E-state index in [2.05, 4.69) is 13.8 Å². The number of amides is 1. The highest BCUT2D eigenvalue weighted by Crippen LogP contribution is 2.25. The molecular weight excluding hydrogens is 292 g/mol. The molecule has 0 aromatic heterocycles. The lowest BCUT2D eigenvalue weighted by molar-refractivity contribution is -0.130. The summed E-state index contributed by atoms with van der Waals surface area (Å²) in [6, 6.07) is 7.58. The Hall–Kier alpha value is -0.870. The quantitative estimate of drug-likeness (QED) is 0.873. The van der Waals surface area contributed by atoms with Crippen LogP contribution in [-0.2, 0) is 11.2 Å². The van der Waals surface area contributed by atoms with E-state index in [-0.39, 0.29) is 18.3 Å². The van der Waals surface area contributed by atoms with E-state index in [1.165, 1.54) is 0 Å². The fourth-order valence-electron chi connectivity index (χ4n) is 2.23. The first kappa shape index (κ1) is 17.2. The molecule has 1 aliphatic rings. The van der Waals surface area contributed by atoms with Crippen molar-refractivity contribution < 1.29 is 4.79 Å². The molecule has 0 saturated carbocycles. The number of benzene rings is 1. The maximum absolute atomic E-state index is 12.3. The molecule has 5 heteroatoms. The van der Waals surface area contributed by atoms with Gasteiger partial charge in [-0.1, -0.05) is 26.0 Å². The van der Waals surface area contributed by atoms with Gasteiger partial charge in [0.05, 0.1) is 6.42 Å². The molecule has 1 amide bonds. The number of rotatable bonds is 3. The van der Waals surface area contributed by atoms with Gasteiger partial charge in [0.1, 0.15) is 0 Å². The highest BCUT2D eigenvalue weighted by Gasteiger charge is 2.25. The zero-order valence-electron chi connectivity index (χ0n) is 12.0. The van der Waals surface area contributed by atoms with Crippen molar-refractivity contribution in [2.45, 2.75) is 25.5 Å². The fraction of sp³-hybridized carbons (Fsp3) is 0.533. The van der Waals surface area contributed by atoms with E-state index < -0.39 is 0 Å². The van der Waals surface area contributed by atoms with Gasteiger partial charge in [-0.3, -0.25) is 4.79 Å². The Morgan fingerprint density at radius 3 is 2.65 bits per heavy atom. The molecule has 2 N–H and O–H groups in total. The predicted molar refractivity (Wildman–Crippen MR) is 89.5 cm³/mol. The summed E-state index contributed by atoms with van der Waals surface area (Å²) in [7, 11) is 0. The fourth-order valence-corrected chi connectivity index (χ4v) is 3.53. The molecule has 3 nitrogen and oxygen atoms in total. The Morgan fingerprint density at radius 1 is 1.40 bits per heavy atom. The summed E-state index contributed by atoms with van der Waals surface area (Å²) >= 11 is 1.99. The molecule has 2 rings (SSSR count). The summed E-state index contributed by atoms with van der Waals surface area (Å²) in [5, 5.41) is 0.573. The van der Waals surface area contributed by atoms with Crippen LogP contribution < -0.4 is 5.73 Å². The van der Waals surface area contributed by atoms with Crippen molar-refractivity contribution >= 4 is 35.8 Å². The van der Waals surface area contributed by atoms with Crippen molar-refractivity contribution in [1.82, 2.24) is 4.90 Å². The van der Waals surface area contributed by atoms with Gasteiger partial charge in [0.2, 0.25) is 5.91 Å². The third-order valence-corrected chi connectivity index (χ3v) is 5.06. The van der Waals surface area contributed by atoms with Gasteiger partial charge in [0, 0.05) is 29.8 Å². The van der Waals surface area contributed by atoms with Crippen LogP contribution in [0.25, 0.3) is 0 Å². The van der Waals surface area contributed by atoms with Gasteiger partial charge in [0.25, 0.3) is 0 Å². The summed E-state index contributed by atoms with van der Waals surface area (Å²) in [5.74, 6) is 1.91. The molecule has 1 fully saturated rings. The highest BCUT2D eigenvalue weighted by atomic mass is 35.5. The number of thioether (sulfide) groups is 1. The molecule has 1 unspecified atom stereocenters. The van der Waals surface area contributed by atoms with Crippen LogP contribution >= 0.6 is 24.2 Å². The molecule has 0 aliphatic carbocycles. The van der Waals surface area contributed by atoms with Crippen LogP contribution in [0.3, 0.4) is 0 Å². The summed E-state index contributed by atoms with van der Waals surface area (Å²) in [6.45, 7) is 6.22. The topological polar surface area (TPSA) is 46.3 Å². The smallest absolute Gasteiger partial charge is 0.227 e. The number of halogens is 1. The molecule has 1 heterocycles. The molecule has 0 bridgehead atoms. The third-order valence-electron chi connectivity index (χ3n) is 3.52. The Morgan fingerprint density at radius 2 is 2.05 bits per heavy atom. The van der Waals surface area contributed by atoms with Crippen LogP contribution in [0.5, 0.6) is 0 Å². The maximum Gasteiger partial charge on any atom is 0.227 e. The number of nitrogen functional groups attached to an aromatic ring is 1. The highest BCUT2D eigenvalue weighted by molar-refractivity contribution is 8.00. The van der Waals surface area contributed by atoms with Crippen LogP contribution in [0.15, 0.2) is 24.3 Å². The van der Waals surface area contributed by atoms with Gasteiger partial charge < -0.3 is 10.6 Å². The number of carbonyl (C=O) groups is 1. The number of carbonyl (C=O) groups excluding carboxylic acids is 1. The average Bonchev–Trinajstić information content (AvgIpc) is 2.41. The number of nitrogens with zero attached hydrogens (tertiary/aromatic N) is 1. The zero-order chi connectivity index (χ0) is 13.8. The molecule has 1 aromatic carbocycles. The second kappa shape index (κ2) is 7.79. The average molecular weight is 315 g/mol. The van der Waals surface area contributed by atoms with Crippen molar-refractivity contribution in [2.24, 2.45) is 5.92 Å². The van der Waals surface area contributed by atoms with Gasteiger partial charge in [-0.25, -0.2) is 0 Å². The van der Waals surface area contributed by atoms with E-state index in [0.717, 1.165) is 30.1 Å². The lowest BCUT2D eigenvalue weighted by Gasteiger charge is -2.34. The lowest BCUT2D eigenvalue weighted by Crippen LogP contribution is -2.44. The number of nitrogens with two attached hydrogens (primary N) is 1. The minimum atomic E-state index is 0. The number of hydrogen-bond donors (Lipinski definition) is 1. The standard InChI is InChI=1S/C15H22N2OS.ClH/c1-11(2)14-10-17(7-8-19-14)15(18)9-12-3-5-13(16)6-4-12;/h3-6,11,14H,7-10,16H2,1-2H3;1H. The summed E-state index contributed by atoms with van der Waals surface area (Å²) in [5.41, 5.74) is 7.44. The first-order chi connectivity index (χ1) is 9.06. The molecule has 112 valence electrons. The first-order valence-electron chi connectivity index (χ1n) is 6.80. The van der Waals surface area contributed by atoms with Gasteiger partial charge >= 0.3 is 0 Å². The van der Waals surface area contributed by atoms with Crippen molar-refractivity contribution in [3.05, 3.63) is 29.8 Å². The SMILES string of the molecule is CC(C)C1CN(C(=O)Cc2ccc(N)cc2)CCS1.Cl. The first-order valence-corrected chi connectivity index (χ1v) is 7.85. The Bertz CT molecular complexity index is 436. The van der Waals surface area contributed by atoms with Crippen LogP contribution in [0, 0.1) is 5.92 Å². The molecular formula is C15H23ClN2OS. The van der Waals surface area contributed by atoms with E-state index in [9.17, 15) is 4.79 Å². The normalized spacial score (nSPS) is 18.8. The third kappa shape index (κ3) is 4.60. The van der Waals surface area contributed by atoms with E-state index in [4.69, 9.17) is 5.73 Å². The summed E-state index contributed by atoms with van der Waals surface area (Å²) in [4.78, 5) is 14.3. The molecule has 20 heavy (non-hydrogen) atoms. The van der Waals surface area contributed by atoms with Gasteiger partial charge in [-0.2, -0.15) is 11.8 Å². The molecule has 0 radical (unpaired) electrons. The zero-order valence-corrected chi connectivity index (χ0v) is 13.7. The second-order valence-corrected chi connectivity index (χ2v) is 6.76. The minimum absolute atomic E-state index is 0. The van der Waals surface area contributed by atoms with Crippen molar-refractivity contribution in [1.29, 1.82) is 0 Å². The van der Waals surface area contributed by atoms with Crippen LogP contribution in [0.4, 0.5) is 5.69 Å². The number of anilines is 1. The predicted octanol–water partition coefficient (Wildman–Crippen LogP) is 2.83. The second-order valence-electron chi connectivity index (χ2n) is 5.41. The molecule has 1 atom stereocenters. The monoisotopic (exact) mass is 314 g/mol. The van der Waals surface area contributed by atoms with Crippen LogP contribution in [-0.4, -0.2) is 34.9 Å². The van der Waals surface area contributed by atoms with Gasteiger partial charge in [-0.15, -0.1) is 12.4 Å². The number of hydrogen-bond acceptors (Lipinski definition) is 3. The molecule has 1 aromatic rings. The molecule has 1 saturated heterocycles. The van der Waals surface area contributed by atoms with E-state index in [1.807, 2.05) is 40.9 Å². The van der Waals surface area contributed by atoms with Crippen molar-refractivity contribution in [3.8, 4) is 0 Å².